The maximum Gasteiger partial charge on any atom is 0.278 e. The number of hydrogen-bond acceptors (Lipinski definition) is 3. The molecule has 0 aliphatic carbocycles. The molecule has 0 atom stereocenters. The van der Waals surface area contributed by atoms with Crippen LogP contribution in [0.5, 0.6) is 0 Å². The molecule has 0 aliphatic heterocycles. The van der Waals surface area contributed by atoms with Crippen molar-refractivity contribution < 1.29 is 9.59 Å². The number of amides is 1. The molecule has 2 rings (SSSR count). The first kappa shape index (κ1) is 16.9. The number of carbonyl (C=O) groups excluding carboxylic acids is 2. The molecule has 0 unspecified atom stereocenters. The van der Waals surface area contributed by atoms with Gasteiger partial charge in [0.2, 0.25) is 5.91 Å². The molecule has 0 radical (unpaired) electrons. The van der Waals surface area contributed by atoms with E-state index in [0.29, 0.717) is 11.3 Å². The van der Waals surface area contributed by atoms with Gasteiger partial charge >= 0.3 is 0 Å². The summed E-state index contributed by atoms with van der Waals surface area (Å²) in [7, 11) is 0. The van der Waals surface area contributed by atoms with Gasteiger partial charge in [-0.05, 0) is 50.1 Å². The van der Waals surface area contributed by atoms with Crippen molar-refractivity contribution in [2.45, 2.75) is 41.0 Å². The van der Waals surface area contributed by atoms with E-state index in [-0.39, 0.29) is 17.7 Å². The lowest BCUT2D eigenvalue weighted by atomic mass is 10.1. The summed E-state index contributed by atoms with van der Waals surface area (Å²) in [4.78, 5) is 24.3. The SMILES string of the molecule is CCc1c(C)nn(C(=O)c2ccc(NC(=O)C(C)C)cc2)c1C. The zero-order valence-corrected chi connectivity index (χ0v) is 14.3. The van der Waals surface area contributed by atoms with Gasteiger partial charge in [-0.25, -0.2) is 4.68 Å². The Morgan fingerprint density at radius 1 is 1.17 bits per heavy atom. The second-order valence-corrected chi connectivity index (χ2v) is 5.94. The molecule has 23 heavy (non-hydrogen) atoms. The van der Waals surface area contributed by atoms with Gasteiger partial charge in [-0.3, -0.25) is 9.59 Å². The minimum atomic E-state index is -0.160. The van der Waals surface area contributed by atoms with Crippen molar-refractivity contribution >= 4 is 17.5 Å². The highest BCUT2D eigenvalue weighted by atomic mass is 16.2. The van der Waals surface area contributed by atoms with Crippen LogP contribution in [-0.4, -0.2) is 21.6 Å². The fourth-order valence-corrected chi connectivity index (χ4v) is 2.49. The second-order valence-electron chi connectivity index (χ2n) is 5.94. The molecular weight excluding hydrogens is 290 g/mol. The van der Waals surface area contributed by atoms with Crippen LogP contribution in [0.2, 0.25) is 0 Å². The number of aryl methyl sites for hydroxylation is 1. The van der Waals surface area contributed by atoms with E-state index < -0.39 is 0 Å². The number of nitrogens with one attached hydrogen (secondary N) is 1. The van der Waals surface area contributed by atoms with Gasteiger partial charge in [-0.1, -0.05) is 20.8 Å². The number of rotatable bonds is 4. The Labute approximate surface area is 136 Å². The zero-order valence-electron chi connectivity index (χ0n) is 14.3. The summed E-state index contributed by atoms with van der Waals surface area (Å²) >= 11 is 0. The maximum atomic E-state index is 12.6. The van der Waals surface area contributed by atoms with Crippen LogP contribution in [0.1, 0.15) is 48.1 Å². The van der Waals surface area contributed by atoms with Crippen LogP contribution in [0.15, 0.2) is 24.3 Å². The van der Waals surface area contributed by atoms with Crippen molar-refractivity contribution in [2.75, 3.05) is 5.32 Å². The van der Waals surface area contributed by atoms with Crippen LogP contribution < -0.4 is 5.32 Å². The molecule has 0 aliphatic rings. The molecule has 0 spiro atoms. The molecule has 122 valence electrons. The number of aromatic nitrogens is 2. The molecule has 0 saturated carbocycles. The zero-order chi connectivity index (χ0) is 17.1. The number of nitrogens with zero attached hydrogens (tertiary/aromatic N) is 2. The van der Waals surface area contributed by atoms with Gasteiger partial charge in [-0.2, -0.15) is 5.10 Å². The fraction of sp³-hybridized carbons (Fsp3) is 0.389. The van der Waals surface area contributed by atoms with E-state index in [9.17, 15) is 9.59 Å². The minimum Gasteiger partial charge on any atom is -0.326 e. The number of carbonyl (C=O) groups is 2. The Morgan fingerprint density at radius 2 is 1.78 bits per heavy atom. The predicted octanol–water partition coefficient (Wildman–Crippen LogP) is 3.35. The van der Waals surface area contributed by atoms with E-state index in [2.05, 4.69) is 17.3 Å². The van der Waals surface area contributed by atoms with Gasteiger partial charge < -0.3 is 5.32 Å². The average molecular weight is 313 g/mol. The number of anilines is 1. The summed E-state index contributed by atoms with van der Waals surface area (Å²) in [6.07, 6.45) is 0.852. The third-order valence-electron chi connectivity index (χ3n) is 3.91. The van der Waals surface area contributed by atoms with Crippen LogP contribution in [0.3, 0.4) is 0 Å². The topological polar surface area (TPSA) is 64.0 Å². The van der Waals surface area contributed by atoms with Crippen molar-refractivity contribution in [3.05, 3.63) is 46.8 Å². The van der Waals surface area contributed by atoms with Crippen molar-refractivity contribution in [1.82, 2.24) is 9.78 Å². The maximum absolute atomic E-state index is 12.6. The predicted molar refractivity (Wildman–Crippen MR) is 90.7 cm³/mol. The molecule has 1 N–H and O–H groups in total. The van der Waals surface area contributed by atoms with Crippen molar-refractivity contribution in [3.8, 4) is 0 Å². The highest BCUT2D eigenvalue weighted by Gasteiger charge is 2.17. The summed E-state index contributed by atoms with van der Waals surface area (Å²) in [5.41, 5.74) is 4.11. The van der Waals surface area contributed by atoms with E-state index >= 15 is 0 Å². The average Bonchev–Trinajstić information content (AvgIpc) is 2.81. The summed E-state index contributed by atoms with van der Waals surface area (Å²) in [6.45, 7) is 9.55. The van der Waals surface area contributed by atoms with Crippen LogP contribution in [-0.2, 0) is 11.2 Å². The molecule has 0 fully saturated rings. The summed E-state index contributed by atoms with van der Waals surface area (Å²) in [5.74, 6) is -0.291. The van der Waals surface area contributed by atoms with Crippen LogP contribution in [0.4, 0.5) is 5.69 Å². The van der Waals surface area contributed by atoms with Crippen molar-refractivity contribution in [3.63, 3.8) is 0 Å². The Balaban J connectivity index is 2.22. The number of hydrogen-bond donors (Lipinski definition) is 1. The third-order valence-corrected chi connectivity index (χ3v) is 3.91. The smallest absolute Gasteiger partial charge is 0.278 e. The molecule has 0 bridgehead atoms. The first-order valence-electron chi connectivity index (χ1n) is 7.85. The normalized spacial score (nSPS) is 10.9. The largest absolute Gasteiger partial charge is 0.326 e. The molecule has 1 aromatic heterocycles. The second kappa shape index (κ2) is 6.77. The van der Waals surface area contributed by atoms with Gasteiger partial charge in [0.1, 0.15) is 0 Å². The van der Waals surface area contributed by atoms with E-state index in [0.717, 1.165) is 23.4 Å². The van der Waals surface area contributed by atoms with Gasteiger partial charge in [-0.15, -0.1) is 0 Å². The lowest BCUT2D eigenvalue weighted by Crippen LogP contribution is -2.18. The highest BCUT2D eigenvalue weighted by molar-refractivity contribution is 5.97. The first-order valence-corrected chi connectivity index (χ1v) is 7.85. The molecular formula is C18H23N3O2. The monoisotopic (exact) mass is 313 g/mol. The van der Waals surface area contributed by atoms with Gasteiger partial charge in [0.05, 0.1) is 5.69 Å². The van der Waals surface area contributed by atoms with E-state index in [1.165, 1.54) is 4.68 Å². The standard InChI is InChI=1S/C18H23N3O2/c1-6-16-12(4)20-21(13(16)5)18(23)14-7-9-15(10-8-14)19-17(22)11(2)3/h7-11H,6H2,1-5H3,(H,19,22). The van der Waals surface area contributed by atoms with Crippen LogP contribution in [0.25, 0.3) is 0 Å². The molecule has 1 amide bonds. The Morgan fingerprint density at radius 3 is 2.26 bits per heavy atom. The van der Waals surface area contributed by atoms with E-state index in [4.69, 9.17) is 0 Å². The molecule has 1 aromatic carbocycles. The Hall–Kier alpha value is -2.43. The van der Waals surface area contributed by atoms with Gasteiger partial charge in [0.25, 0.3) is 5.91 Å². The molecule has 5 nitrogen and oxygen atoms in total. The molecule has 0 saturated heterocycles. The highest BCUT2D eigenvalue weighted by Crippen LogP contribution is 2.17. The Kier molecular flexibility index (Phi) is 4.98. The summed E-state index contributed by atoms with van der Waals surface area (Å²) < 4.78 is 1.45. The summed E-state index contributed by atoms with van der Waals surface area (Å²) in [5, 5.41) is 7.16. The first-order chi connectivity index (χ1) is 10.8. The van der Waals surface area contributed by atoms with Gasteiger partial charge in [0, 0.05) is 22.9 Å². The van der Waals surface area contributed by atoms with Crippen molar-refractivity contribution in [2.24, 2.45) is 5.92 Å². The minimum absolute atomic E-state index is 0.0461. The molecule has 5 heteroatoms. The Bertz CT molecular complexity index is 727. The van der Waals surface area contributed by atoms with Crippen LogP contribution >= 0.6 is 0 Å². The fourth-order valence-electron chi connectivity index (χ4n) is 2.49. The summed E-state index contributed by atoms with van der Waals surface area (Å²) in [6, 6.07) is 6.89. The molecule has 2 aromatic rings. The van der Waals surface area contributed by atoms with E-state index in [1.54, 1.807) is 24.3 Å². The van der Waals surface area contributed by atoms with Crippen LogP contribution in [0, 0.1) is 19.8 Å². The quantitative estimate of drug-likeness (QED) is 0.941. The van der Waals surface area contributed by atoms with Gasteiger partial charge in [0.15, 0.2) is 0 Å². The molecule has 1 heterocycles. The third kappa shape index (κ3) is 3.50. The lowest BCUT2D eigenvalue weighted by Gasteiger charge is -2.08. The van der Waals surface area contributed by atoms with E-state index in [1.807, 2.05) is 27.7 Å². The lowest BCUT2D eigenvalue weighted by molar-refractivity contribution is -0.118. The van der Waals surface area contributed by atoms with Crippen molar-refractivity contribution in [1.29, 1.82) is 0 Å². The number of benzene rings is 1.